The Morgan fingerprint density at radius 1 is 1.06 bits per heavy atom. The van der Waals surface area contributed by atoms with Gasteiger partial charge in [-0.3, -0.25) is 9.69 Å². The second-order valence-electron chi connectivity index (χ2n) is 8.88. The molecule has 1 aliphatic heterocycles. The van der Waals surface area contributed by atoms with Crippen LogP contribution < -0.4 is 10.1 Å². The number of hydrogen-bond acceptors (Lipinski definition) is 6. The van der Waals surface area contributed by atoms with Gasteiger partial charge < -0.3 is 14.6 Å². The van der Waals surface area contributed by atoms with Crippen LogP contribution in [-0.2, 0) is 17.9 Å². The molecule has 1 fully saturated rings. The molecule has 36 heavy (non-hydrogen) atoms. The molecule has 4 aromatic rings. The maximum atomic E-state index is 13.2. The topological polar surface area (TPSA) is 80.5 Å². The number of likely N-dealkylation sites (tertiary alicyclic amines) is 1. The van der Waals surface area contributed by atoms with Crippen molar-refractivity contribution < 1.29 is 18.4 Å². The van der Waals surface area contributed by atoms with E-state index in [9.17, 15) is 9.18 Å². The van der Waals surface area contributed by atoms with Crippen LogP contribution in [0, 0.1) is 11.7 Å². The smallest absolute Gasteiger partial charge is 0.241 e. The van der Waals surface area contributed by atoms with Gasteiger partial charge in [-0.25, -0.2) is 4.39 Å². The minimum absolute atomic E-state index is 0.00446. The minimum atomic E-state index is -0.313. The summed E-state index contributed by atoms with van der Waals surface area (Å²) in [6, 6.07) is 23.4. The zero-order valence-corrected chi connectivity index (χ0v) is 19.8. The molecule has 1 N–H and O–H groups in total. The standard InChI is InChI=1S/C28H27FN4O3/c29-23-10-8-21(9-11-23)27-31-26(36-32-27)18-33-16-4-7-22(17-33)28(34)30-24-12-14-25(15-13-24)35-19-20-5-2-1-3-6-20/h1-3,5-6,8-15,22H,4,7,16-19H2,(H,30,34). The third kappa shape index (κ3) is 6.14. The lowest BCUT2D eigenvalue weighted by molar-refractivity contribution is -0.121. The number of rotatable bonds is 8. The SMILES string of the molecule is O=C(Nc1ccc(OCc2ccccc2)cc1)C1CCCN(Cc2nc(-c3ccc(F)cc3)no2)C1. The Balaban J connectivity index is 1.12. The van der Waals surface area contributed by atoms with E-state index in [1.165, 1.54) is 12.1 Å². The Hall–Kier alpha value is -4.04. The molecule has 1 amide bonds. The number of piperidine rings is 1. The second kappa shape index (κ2) is 11.1. The molecule has 3 aromatic carbocycles. The first kappa shape index (κ1) is 23.7. The van der Waals surface area contributed by atoms with Gasteiger partial charge in [0.1, 0.15) is 18.2 Å². The Morgan fingerprint density at radius 3 is 2.61 bits per heavy atom. The summed E-state index contributed by atoms with van der Waals surface area (Å²) in [5.41, 5.74) is 2.53. The van der Waals surface area contributed by atoms with Crippen LogP contribution in [0.5, 0.6) is 5.75 Å². The van der Waals surface area contributed by atoms with Crippen molar-refractivity contribution >= 4 is 11.6 Å². The lowest BCUT2D eigenvalue weighted by Crippen LogP contribution is -2.40. The van der Waals surface area contributed by atoms with Gasteiger partial charge in [0, 0.05) is 17.8 Å². The van der Waals surface area contributed by atoms with Crippen LogP contribution in [0.3, 0.4) is 0 Å². The first-order valence-corrected chi connectivity index (χ1v) is 12.0. The number of benzene rings is 3. The molecule has 0 bridgehead atoms. The summed E-state index contributed by atoms with van der Waals surface area (Å²) in [6.45, 7) is 2.42. The van der Waals surface area contributed by atoms with Crippen molar-refractivity contribution in [3.05, 3.63) is 96.1 Å². The maximum absolute atomic E-state index is 13.2. The fraction of sp³-hybridized carbons (Fsp3) is 0.250. The van der Waals surface area contributed by atoms with E-state index in [2.05, 4.69) is 20.4 Å². The zero-order valence-electron chi connectivity index (χ0n) is 19.8. The number of nitrogens with zero attached hydrogens (tertiary/aromatic N) is 3. The minimum Gasteiger partial charge on any atom is -0.489 e. The first-order valence-electron chi connectivity index (χ1n) is 12.0. The van der Waals surface area contributed by atoms with Crippen LogP contribution in [0.4, 0.5) is 10.1 Å². The molecule has 1 saturated heterocycles. The van der Waals surface area contributed by atoms with E-state index < -0.39 is 0 Å². The van der Waals surface area contributed by atoms with Crippen molar-refractivity contribution in [1.82, 2.24) is 15.0 Å². The Labute approximate surface area is 208 Å². The van der Waals surface area contributed by atoms with Crippen molar-refractivity contribution in [2.45, 2.75) is 26.0 Å². The molecule has 0 saturated carbocycles. The number of nitrogens with one attached hydrogen (secondary N) is 1. The van der Waals surface area contributed by atoms with Gasteiger partial charge in [-0.15, -0.1) is 0 Å². The van der Waals surface area contributed by atoms with Crippen LogP contribution >= 0.6 is 0 Å². The molecule has 1 aromatic heterocycles. The normalized spacial score (nSPS) is 16.0. The summed E-state index contributed by atoms with van der Waals surface area (Å²) in [7, 11) is 0. The predicted octanol–water partition coefficient (Wildman–Crippen LogP) is 5.31. The van der Waals surface area contributed by atoms with Crippen molar-refractivity contribution in [3.63, 3.8) is 0 Å². The van der Waals surface area contributed by atoms with E-state index in [-0.39, 0.29) is 17.6 Å². The summed E-state index contributed by atoms with van der Waals surface area (Å²) in [5, 5.41) is 7.03. The Morgan fingerprint density at radius 2 is 1.83 bits per heavy atom. The van der Waals surface area contributed by atoms with Gasteiger partial charge in [0.25, 0.3) is 0 Å². The Bertz CT molecular complexity index is 1280. The molecule has 2 heterocycles. The van der Waals surface area contributed by atoms with Gasteiger partial charge in [0.05, 0.1) is 12.5 Å². The largest absolute Gasteiger partial charge is 0.489 e. The van der Waals surface area contributed by atoms with Gasteiger partial charge in [-0.05, 0) is 73.5 Å². The quantitative estimate of drug-likeness (QED) is 0.364. The highest BCUT2D eigenvalue weighted by Gasteiger charge is 2.27. The van der Waals surface area contributed by atoms with E-state index >= 15 is 0 Å². The van der Waals surface area contributed by atoms with Crippen LogP contribution in [-0.4, -0.2) is 34.0 Å². The Kier molecular flexibility index (Phi) is 7.33. The lowest BCUT2D eigenvalue weighted by Gasteiger charge is -2.30. The van der Waals surface area contributed by atoms with Crippen molar-refractivity contribution in [3.8, 4) is 17.1 Å². The number of carbonyl (C=O) groups is 1. The molecule has 0 spiro atoms. The van der Waals surface area contributed by atoms with E-state index in [0.717, 1.165) is 36.4 Å². The number of hydrogen-bond donors (Lipinski definition) is 1. The molecule has 7 nitrogen and oxygen atoms in total. The third-order valence-corrected chi connectivity index (χ3v) is 6.18. The van der Waals surface area contributed by atoms with Crippen LogP contribution in [0.1, 0.15) is 24.3 Å². The highest BCUT2D eigenvalue weighted by atomic mass is 19.1. The second-order valence-corrected chi connectivity index (χ2v) is 8.88. The average molecular weight is 487 g/mol. The summed E-state index contributed by atoms with van der Waals surface area (Å²) in [4.78, 5) is 19.5. The van der Waals surface area contributed by atoms with Crippen molar-refractivity contribution in [2.75, 3.05) is 18.4 Å². The summed E-state index contributed by atoms with van der Waals surface area (Å²) < 4.78 is 24.4. The fourth-order valence-corrected chi connectivity index (χ4v) is 4.26. The summed E-state index contributed by atoms with van der Waals surface area (Å²) in [5.74, 6) is 1.20. The number of anilines is 1. The van der Waals surface area contributed by atoms with E-state index in [1.807, 2.05) is 54.6 Å². The van der Waals surface area contributed by atoms with Crippen molar-refractivity contribution in [1.29, 1.82) is 0 Å². The van der Waals surface area contributed by atoms with Crippen LogP contribution in [0.15, 0.2) is 83.4 Å². The summed E-state index contributed by atoms with van der Waals surface area (Å²) in [6.07, 6.45) is 1.73. The molecule has 5 rings (SSSR count). The molecular weight excluding hydrogens is 459 g/mol. The molecule has 1 unspecified atom stereocenters. The zero-order chi connectivity index (χ0) is 24.7. The number of halogens is 1. The highest BCUT2D eigenvalue weighted by Crippen LogP contribution is 2.23. The molecular formula is C28H27FN4O3. The van der Waals surface area contributed by atoms with Crippen molar-refractivity contribution in [2.24, 2.45) is 5.92 Å². The van der Waals surface area contributed by atoms with Gasteiger partial charge in [-0.1, -0.05) is 35.5 Å². The number of aromatic nitrogens is 2. The molecule has 184 valence electrons. The van der Waals surface area contributed by atoms with Gasteiger partial charge in [0.15, 0.2) is 0 Å². The van der Waals surface area contributed by atoms with E-state index in [1.54, 1.807) is 12.1 Å². The van der Waals surface area contributed by atoms with E-state index in [4.69, 9.17) is 9.26 Å². The molecule has 1 aliphatic rings. The number of amides is 1. The molecule has 8 heteroatoms. The van der Waals surface area contributed by atoms with Gasteiger partial charge >= 0.3 is 0 Å². The number of ether oxygens (including phenoxy) is 1. The van der Waals surface area contributed by atoms with E-state index in [0.29, 0.717) is 37.0 Å². The monoisotopic (exact) mass is 486 g/mol. The maximum Gasteiger partial charge on any atom is 0.241 e. The van der Waals surface area contributed by atoms with Gasteiger partial charge in [-0.2, -0.15) is 4.98 Å². The van der Waals surface area contributed by atoms with Crippen LogP contribution in [0.2, 0.25) is 0 Å². The predicted molar refractivity (Wildman–Crippen MR) is 134 cm³/mol. The lowest BCUT2D eigenvalue weighted by atomic mass is 9.97. The first-order chi connectivity index (χ1) is 17.6. The summed E-state index contributed by atoms with van der Waals surface area (Å²) >= 11 is 0. The molecule has 1 atom stereocenters. The van der Waals surface area contributed by atoms with Crippen LogP contribution in [0.25, 0.3) is 11.4 Å². The fourth-order valence-electron chi connectivity index (χ4n) is 4.26. The third-order valence-electron chi connectivity index (χ3n) is 6.18. The molecule has 0 radical (unpaired) electrons. The average Bonchev–Trinajstić information content (AvgIpc) is 3.38. The highest BCUT2D eigenvalue weighted by molar-refractivity contribution is 5.92. The van der Waals surface area contributed by atoms with Gasteiger partial charge in [0.2, 0.25) is 17.6 Å². The molecule has 0 aliphatic carbocycles. The number of carbonyl (C=O) groups excluding carboxylic acids is 1.